The van der Waals surface area contributed by atoms with Crippen molar-refractivity contribution >= 4 is 0 Å². The molecular weight excluding hydrogens is 156 g/mol. The lowest BCUT2D eigenvalue weighted by molar-refractivity contribution is -0.197. The van der Waals surface area contributed by atoms with Crippen LogP contribution >= 0.6 is 0 Å². The molecule has 2 saturated heterocycles. The van der Waals surface area contributed by atoms with Crippen molar-refractivity contribution < 1.29 is 14.6 Å². The SMILES string of the molecule is CC[C@H]1O[C@]2(C)CC[C@@H](O)[C@H]1O2. The second kappa shape index (κ2) is 2.69. The van der Waals surface area contributed by atoms with Gasteiger partial charge in [-0.15, -0.1) is 0 Å². The third-order valence-corrected chi connectivity index (χ3v) is 2.83. The minimum Gasteiger partial charge on any atom is -0.390 e. The van der Waals surface area contributed by atoms with Crippen LogP contribution in [0.25, 0.3) is 0 Å². The lowest BCUT2D eigenvalue weighted by Crippen LogP contribution is -2.40. The average Bonchev–Trinajstić information content (AvgIpc) is 2.34. The molecule has 4 atom stereocenters. The van der Waals surface area contributed by atoms with E-state index in [1.807, 2.05) is 6.92 Å². The fourth-order valence-electron chi connectivity index (χ4n) is 2.11. The highest BCUT2D eigenvalue weighted by Gasteiger charge is 2.50. The Kier molecular flexibility index (Phi) is 1.90. The van der Waals surface area contributed by atoms with Crippen LogP contribution in [0.1, 0.15) is 33.1 Å². The summed E-state index contributed by atoms with van der Waals surface area (Å²) in [5.74, 6) is -0.412. The van der Waals surface area contributed by atoms with Gasteiger partial charge in [0.25, 0.3) is 0 Å². The summed E-state index contributed by atoms with van der Waals surface area (Å²) in [4.78, 5) is 0. The Morgan fingerprint density at radius 1 is 1.50 bits per heavy atom. The van der Waals surface area contributed by atoms with Gasteiger partial charge in [-0.3, -0.25) is 0 Å². The summed E-state index contributed by atoms with van der Waals surface area (Å²) in [5, 5.41) is 9.61. The highest BCUT2D eigenvalue weighted by molar-refractivity contribution is 4.92. The maximum absolute atomic E-state index is 9.61. The van der Waals surface area contributed by atoms with Gasteiger partial charge < -0.3 is 14.6 Å². The first-order valence-electron chi connectivity index (χ1n) is 4.68. The number of fused-ring (bicyclic) bond motifs is 2. The number of hydrogen-bond donors (Lipinski definition) is 1. The van der Waals surface area contributed by atoms with E-state index in [1.54, 1.807) is 0 Å². The molecule has 0 saturated carbocycles. The maximum Gasteiger partial charge on any atom is 0.166 e. The first-order chi connectivity index (χ1) is 5.64. The van der Waals surface area contributed by atoms with Crippen LogP contribution in [0.4, 0.5) is 0 Å². The molecule has 2 rings (SSSR count). The summed E-state index contributed by atoms with van der Waals surface area (Å²) in [6.07, 6.45) is 2.20. The Balaban J connectivity index is 2.15. The van der Waals surface area contributed by atoms with E-state index >= 15 is 0 Å². The van der Waals surface area contributed by atoms with Gasteiger partial charge in [0.1, 0.15) is 6.10 Å². The first kappa shape index (κ1) is 8.48. The van der Waals surface area contributed by atoms with E-state index in [0.29, 0.717) is 0 Å². The van der Waals surface area contributed by atoms with E-state index in [1.165, 1.54) is 0 Å². The molecule has 70 valence electrons. The van der Waals surface area contributed by atoms with Crippen LogP contribution in [-0.4, -0.2) is 29.2 Å². The van der Waals surface area contributed by atoms with E-state index in [-0.39, 0.29) is 18.3 Å². The summed E-state index contributed by atoms with van der Waals surface area (Å²) in [5.41, 5.74) is 0. The molecular formula is C9H16O3. The van der Waals surface area contributed by atoms with Gasteiger partial charge in [-0.1, -0.05) is 6.92 Å². The molecule has 12 heavy (non-hydrogen) atoms. The molecule has 2 heterocycles. The van der Waals surface area contributed by atoms with Gasteiger partial charge in [0, 0.05) is 6.42 Å². The van der Waals surface area contributed by atoms with Crippen LogP contribution in [0.3, 0.4) is 0 Å². The highest BCUT2D eigenvalue weighted by Crippen LogP contribution is 2.40. The molecule has 0 spiro atoms. The molecule has 0 aromatic carbocycles. The van der Waals surface area contributed by atoms with Crippen LogP contribution in [-0.2, 0) is 9.47 Å². The maximum atomic E-state index is 9.61. The summed E-state index contributed by atoms with van der Waals surface area (Å²) >= 11 is 0. The van der Waals surface area contributed by atoms with Crippen molar-refractivity contribution in [1.82, 2.24) is 0 Å². The lowest BCUT2D eigenvalue weighted by atomic mass is 9.99. The van der Waals surface area contributed by atoms with Gasteiger partial charge in [-0.2, -0.15) is 0 Å². The first-order valence-corrected chi connectivity index (χ1v) is 4.68. The van der Waals surface area contributed by atoms with E-state index < -0.39 is 5.79 Å². The van der Waals surface area contributed by atoms with Crippen LogP contribution in [0.2, 0.25) is 0 Å². The largest absolute Gasteiger partial charge is 0.390 e. The average molecular weight is 172 g/mol. The highest BCUT2D eigenvalue weighted by atomic mass is 16.8. The van der Waals surface area contributed by atoms with Crippen LogP contribution in [0, 0.1) is 0 Å². The third-order valence-electron chi connectivity index (χ3n) is 2.83. The summed E-state index contributed by atoms with van der Waals surface area (Å²) in [7, 11) is 0. The smallest absolute Gasteiger partial charge is 0.166 e. The standard InChI is InChI=1S/C9H16O3/c1-3-7-8-6(10)4-5-9(2,11-7)12-8/h6-8,10H,3-5H2,1-2H3/t6-,7-,8-,9+/m1/s1. The number of rotatable bonds is 1. The molecule has 3 nitrogen and oxygen atoms in total. The van der Waals surface area contributed by atoms with Crippen molar-refractivity contribution in [2.75, 3.05) is 0 Å². The minimum absolute atomic E-state index is 0.0891. The zero-order valence-electron chi connectivity index (χ0n) is 7.62. The number of ether oxygens (including phenoxy) is 2. The number of aliphatic hydroxyl groups is 1. The predicted molar refractivity (Wildman–Crippen MR) is 43.7 cm³/mol. The molecule has 0 unspecified atom stereocenters. The molecule has 2 aliphatic rings. The lowest BCUT2D eigenvalue weighted by Gasteiger charge is -2.30. The van der Waals surface area contributed by atoms with Gasteiger partial charge in [-0.05, 0) is 19.8 Å². The number of aliphatic hydroxyl groups excluding tert-OH is 1. The minimum atomic E-state index is -0.412. The molecule has 0 amide bonds. The second-order valence-electron chi connectivity index (χ2n) is 3.89. The molecule has 0 radical (unpaired) electrons. The topological polar surface area (TPSA) is 38.7 Å². The van der Waals surface area contributed by atoms with Crippen LogP contribution in [0.15, 0.2) is 0 Å². The van der Waals surface area contributed by atoms with Gasteiger partial charge in [0.05, 0.1) is 12.2 Å². The molecule has 2 fully saturated rings. The quantitative estimate of drug-likeness (QED) is 0.642. The van der Waals surface area contributed by atoms with Gasteiger partial charge in [0.15, 0.2) is 5.79 Å². The van der Waals surface area contributed by atoms with Crippen molar-refractivity contribution in [1.29, 1.82) is 0 Å². The predicted octanol–water partition coefficient (Wildman–Crippen LogP) is 1.05. The normalized spacial score (nSPS) is 52.8. The molecule has 0 aromatic rings. The van der Waals surface area contributed by atoms with Gasteiger partial charge >= 0.3 is 0 Å². The van der Waals surface area contributed by atoms with E-state index in [9.17, 15) is 5.11 Å². The Labute approximate surface area is 72.7 Å². The van der Waals surface area contributed by atoms with Crippen molar-refractivity contribution in [3.05, 3.63) is 0 Å². The zero-order valence-corrected chi connectivity index (χ0v) is 7.62. The molecule has 2 aliphatic heterocycles. The van der Waals surface area contributed by atoms with E-state index in [2.05, 4.69) is 6.92 Å². The number of hydrogen-bond acceptors (Lipinski definition) is 3. The van der Waals surface area contributed by atoms with E-state index in [4.69, 9.17) is 9.47 Å². The Bertz CT molecular complexity index is 179. The summed E-state index contributed by atoms with van der Waals surface area (Å²) in [6, 6.07) is 0. The molecule has 0 aliphatic carbocycles. The summed E-state index contributed by atoms with van der Waals surface area (Å²) < 4.78 is 11.3. The van der Waals surface area contributed by atoms with Gasteiger partial charge in [-0.25, -0.2) is 0 Å². The van der Waals surface area contributed by atoms with Crippen molar-refractivity contribution in [3.63, 3.8) is 0 Å². The van der Waals surface area contributed by atoms with Crippen molar-refractivity contribution in [2.24, 2.45) is 0 Å². The third kappa shape index (κ3) is 1.16. The molecule has 1 N–H and O–H groups in total. The van der Waals surface area contributed by atoms with Gasteiger partial charge in [0.2, 0.25) is 0 Å². The summed E-state index contributed by atoms with van der Waals surface area (Å²) in [6.45, 7) is 4.02. The fourth-order valence-corrected chi connectivity index (χ4v) is 2.11. The fraction of sp³-hybridized carbons (Fsp3) is 1.00. The Hall–Kier alpha value is -0.120. The zero-order chi connectivity index (χ0) is 8.77. The Morgan fingerprint density at radius 3 is 2.92 bits per heavy atom. The van der Waals surface area contributed by atoms with Crippen molar-refractivity contribution in [3.8, 4) is 0 Å². The monoisotopic (exact) mass is 172 g/mol. The van der Waals surface area contributed by atoms with Crippen LogP contribution < -0.4 is 0 Å². The molecule has 3 heteroatoms. The second-order valence-corrected chi connectivity index (χ2v) is 3.89. The molecule has 2 bridgehead atoms. The van der Waals surface area contributed by atoms with Crippen molar-refractivity contribution in [2.45, 2.75) is 57.2 Å². The molecule has 0 aromatic heterocycles. The van der Waals surface area contributed by atoms with E-state index in [0.717, 1.165) is 19.3 Å². The van der Waals surface area contributed by atoms with Crippen LogP contribution in [0.5, 0.6) is 0 Å². The Morgan fingerprint density at radius 2 is 2.25 bits per heavy atom.